The summed E-state index contributed by atoms with van der Waals surface area (Å²) < 4.78 is 16.6. The predicted molar refractivity (Wildman–Crippen MR) is 115 cm³/mol. The third-order valence-electron chi connectivity index (χ3n) is 5.50. The molecule has 6 nitrogen and oxygen atoms in total. The van der Waals surface area contributed by atoms with E-state index in [4.69, 9.17) is 25.8 Å². The summed E-state index contributed by atoms with van der Waals surface area (Å²) in [4.78, 5) is 16.8. The van der Waals surface area contributed by atoms with Gasteiger partial charge in [-0.2, -0.15) is 0 Å². The summed E-state index contributed by atoms with van der Waals surface area (Å²) in [6.07, 6.45) is 1.22. The molecule has 2 aliphatic heterocycles. The van der Waals surface area contributed by atoms with Crippen molar-refractivity contribution in [3.63, 3.8) is 0 Å². The number of aryl methyl sites for hydroxylation is 1. The SMILES string of the molecule is Cc1cc(Cl)ccc1OCCCC(=O)N1CCN(Cc2ccc3c(c2)OCO3)CC1. The molecular formula is C23H27ClN2O4. The molecule has 0 bridgehead atoms. The van der Waals surface area contributed by atoms with Gasteiger partial charge < -0.3 is 19.1 Å². The minimum atomic E-state index is 0.203. The first-order valence-electron chi connectivity index (χ1n) is 10.4. The van der Waals surface area contributed by atoms with Gasteiger partial charge in [0.2, 0.25) is 12.7 Å². The molecule has 0 spiro atoms. The first kappa shape index (κ1) is 20.8. The number of amides is 1. The Bertz CT molecular complexity index is 897. The summed E-state index contributed by atoms with van der Waals surface area (Å²) in [7, 11) is 0. The molecule has 160 valence electrons. The zero-order valence-electron chi connectivity index (χ0n) is 17.2. The van der Waals surface area contributed by atoms with Crippen LogP contribution in [0.3, 0.4) is 0 Å². The normalized spacial score (nSPS) is 16.0. The minimum Gasteiger partial charge on any atom is -0.493 e. The fourth-order valence-corrected chi connectivity index (χ4v) is 4.02. The molecule has 0 radical (unpaired) electrons. The Balaban J connectivity index is 1.16. The van der Waals surface area contributed by atoms with Crippen molar-refractivity contribution in [1.29, 1.82) is 0 Å². The maximum Gasteiger partial charge on any atom is 0.231 e. The second-order valence-electron chi connectivity index (χ2n) is 7.71. The number of halogens is 1. The van der Waals surface area contributed by atoms with Crippen LogP contribution in [-0.2, 0) is 11.3 Å². The second-order valence-corrected chi connectivity index (χ2v) is 8.14. The number of ether oxygens (including phenoxy) is 3. The van der Waals surface area contributed by atoms with Gasteiger partial charge in [-0.1, -0.05) is 17.7 Å². The highest BCUT2D eigenvalue weighted by atomic mass is 35.5. The van der Waals surface area contributed by atoms with Crippen LogP contribution in [0, 0.1) is 6.92 Å². The zero-order valence-corrected chi connectivity index (χ0v) is 18.0. The Morgan fingerprint density at radius 3 is 2.67 bits per heavy atom. The van der Waals surface area contributed by atoms with Crippen LogP contribution in [0.15, 0.2) is 36.4 Å². The Kier molecular flexibility index (Phi) is 6.65. The fraction of sp³-hybridized carbons (Fsp3) is 0.435. The van der Waals surface area contributed by atoms with Crippen LogP contribution < -0.4 is 14.2 Å². The van der Waals surface area contributed by atoms with Crippen molar-refractivity contribution in [2.24, 2.45) is 0 Å². The lowest BCUT2D eigenvalue weighted by atomic mass is 10.1. The Morgan fingerprint density at radius 1 is 1.07 bits per heavy atom. The van der Waals surface area contributed by atoms with Crippen molar-refractivity contribution in [3.8, 4) is 17.2 Å². The van der Waals surface area contributed by atoms with E-state index in [1.165, 1.54) is 5.56 Å². The monoisotopic (exact) mass is 430 g/mol. The van der Waals surface area contributed by atoms with Gasteiger partial charge >= 0.3 is 0 Å². The first-order chi connectivity index (χ1) is 14.6. The molecule has 2 aliphatic rings. The van der Waals surface area contributed by atoms with E-state index in [2.05, 4.69) is 11.0 Å². The molecule has 1 saturated heterocycles. The maximum absolute atomic E-state index is 12.5. The van der Waals surface area contributed by atoms with Gasteiger partial charge in [-0.25, -0.2) is 0 Å². The van der Waals surface area contributed by atoms with Gasteiger partial charge in [-0.05, 0) is 54.8 Å². The smallest absolute Gasteiger partial charge is 0.231 e. The van der Waals surface area contributed by atoms with Crippen molar-refractivity contribution in [1.82, 2.24) is 9.80 Å². The van der Waals surface area contributed by atoms with Crippen LogP contribution in [-0.4, -0.2) is 55.3 Å². The third-order valence-corrected chi connectivity index (χ3v) is 5.73. The average Bonchev–Trinajstić information content (AvgIpc) is 3.21. The topological polar surface area (TPSA) is 51.2 Å². The molecule has 0 unspecified atom stereocenters. The van der Waals surface area contributed by atoms with Crippen LogP contribution in [0.1, 0.15) is 24.0 Å². The number of hydrogen-bond donors (Lipinski definition) is 0. The predicted octanol–water partition coefficient (Wildman–Crippen LogP) is 3.88. The summed E-state index contributed by atoms with van der Waals surface area (Å²) in [6.45, 7) is 6.92. The van der Waals surface area contributed by atoms with Gasteiger partial charge in [0.1, 0.15) is 5.75 Å². The number of rotatable bonds is 7. The van der Waals surface area contributed by atoms with Crippen LogP contribution in [0.4, 0.5) is 0 Å². The van der Waals surface area contributed by atoms with Crippen molar-refractivity contribution < 1.29 is 19.0 Å². The van der Waals surface area contributed by atoms with Crippen molar-refractivity contribution in [2.75, 3.05) is 39.6 Å². The van der Waals surface area contributed by atoms with Crippen LogP contribution in [0.2, 0.25) is 5.02 Å². The molecule has 2 heterocycles. The molecule has 4 rings (SSSR count). The van der Waals surface area contributed by atoms with E-state index in [1.807, 2.05) is 42.2 Å². The van der Waals surface area contributed by atoms with Crippen molar-refractivity contribution in [3.05, 3.63) is 52.5 Å². The molecule has 0 aromatic heterocycles. The van der Waals surface area contributed by atoms with Crippen LogP contribution in [0.5, 0.6) is 17.2 Å². The highest BCUT2D eigenvalue weighted by Gasteiger charge is 2.21. The van der Waals surface area contributed by atoms with Crippen LogP contribution >= 0.6 is 11.6 Å². The fourth-order valence-electron chi connectivity index (χ4n) is 3.79. The van der Waals surface area contributed by atoms with E-state index in [-0.39, 0.29) is 5.91 Å². The van der Waals surface area contributed by atoms with Gasteiger partial charge in [0.25, 0.3) is 0 Å². The Hall–Kier alpha value is -2.44. The summed E-state index contributed by atoms with van der Waals surface area (Å²) in [5.41, 5.74) is 2.21. The van der Waals surface area contributed by atoms with Gasteiger partial charge in [0.05, 0.1) is 6.61 Å². The molecule has 1 amide bonds. The van der Waals surface area contributed by atoms with E-state index in [1.54, 1.807) is 0 Å². The van der Waals surface area contributed by atoms with Crippen molar-refractivity contribution in [2.45, 2.75) is 26.3 Å². The molecule has 30 heavy (non-hydrogen) atoms. The molecule has 7 heteroatoms. The summed E-state index contributed by atoms with van der Waals surface area (Å²) in [6, 6.07) is 11.7. The maximum atomic E-state index is 12.5. The van der Waals surface area contributed by atoms with E-state index in [9.17, 15) is 4.79 Å². The average molecular weight is 431 g/mol. The molecule has 2 aromatic carbocycles. The summed E-state index contributed by atoms with van der Waals surface area (Å²) in [5, 5.41) is 0.702. The molecular weight excluding hydrogens is 404 g/mol. The largest absolute Gasteiger partial charge is 0.493 e. The van der Waals surface area contributed by atoms with E-state index in [0.717, 1.165) is 55.5 Å². The molecule has 1 fully saturated rings. The highest BCUT2D eigenvalue weighted by molar-refractivity contribution is 6.30. The number of carbonyl (C=O) groups is 1. The zero-order chi connectivity index (χ0) is 20.9. The standard InChI is InChI=1S/C23H27ClN2O4/c1-17-13-19(24)5-7-20(17)28-12-2-3-23(27)26-10-8-25(9-11-26)15-18-4-6-21-22(14-18)30-16-29-21/h4-7,13-14H,2-3,8-12,15-16H2,1H3. The third kappa shape index (κ3) is 5.18. The van der Waals surface area contributed by atoms with Gasteiger partial charge in [0.15, 0.2) is 11.5 Å². The number of benzene rings is 2. The van der Waals surface area contributed by atoms with Crippen molar-refractivity contribution >= 4 is 17.5 Å². The highest BCUT2D eigenvalue weighted by Crippen LogP contribution is 2.32. The lowest BCUT2D eigenvalue weighted by molar-refractivity contribution is -0.133. The number of fused-ring (bicyclic) bond motifs is 1. The number of carbonyl (C=O) groups excluding carboxylic acids is 1. The summed E-state index contributed by atoms with van der Waals surface area (Å²) >= 11 is 5.96. The number of hydrogen-bond acceptors (Lipinski definition) is 5. The minimum absolute atomic E-state index is 0.203. The molecule has 2 aromatic rings. The van der Waals surface area contributed by atoms with E-state index < -0.39 is 0 Å². The van der Waals surface area contributed by atoms with Gasteiger partial charge in [-0.3, -0.25) is 9.69 Å². The lowest BCUT2D eigenvalue weighted by Crippen LogP contribution is -2.48. The molecule has 0 aliphatic carbocycles. The molecule has 0 atom stereocenters. The van der Waals surface area contributed by atoms with Gasteiger partial charge in [0, 0.05) is 44.2 Å². The van der Waals surface area contributed by atoms with Crippen LogP contribution in [0.25, 0.3) is 0 Å². The quantitative estimate of drug-likeness (QED) is 0.624. The molecule has 0 N–H and O–H groups in total. The van der Waals surface area contributed by atoms with Gasteiger partial charge in [-0.15, -0.1) is 0 Å². The number of piperazine rings is 1. The Labute approximate surface area is 182 Å². The summed E-state index contributed by atoms with van der Waals surface area (Å²) in [5.74, 6) is 2.65. The second kappa shape index (κ2) is 9.58. The number of nitrogens with zero attached hydrogens (tertiary/aromatic N) is 2. The lowest BCUT2D eigenvalue weighted by Gasteiger charge is -2.34. The van der Waals surface area contributed by atoms with E-state index in [0.29, 0.717) is 31.3 Å². The molecule has 0 saturated carbocycles. The Morgan fingerprint density at radius 2 is 1.87 bits per heavy atom. The van der Waals surface area contributed by atoms with E-state index >= 15 is 0 Å². The first-order valence-corrected chi connectivity index (χ1v) is 10.7.